The highest BCUT2D eigenvalue weighted by Crippen LogP contribution is 2.12. The summed E-state index contributed by atoms with van der Waals surface area (Å²) in [5.41, 5.74) is 0.573. The molecule has 106 valence electrons. The summed E-state index contributed by atoms with van der Waals surface area (Å²) in [6.45, 7) is 4.10. The third-order valence-corrected chi connectivity index (χ3v) is 3.03. The van der Waals surface area contributed by atoms with Crippen molar-refractivity contribution in [3.05, 3.63) is 35.6 Å². The number of halogens is 1. The van der Waals surface area contributed by atoms with Gasteiger partial charge in [-0.2, -0.15) is 0 Å². The number of hydrogen-bond acceptors (Lipinski definition) is 2. The van der Waals surface area contributed by atoms with E-state index in [9.17, 15) is 14.3 Å². The fourth-order valence-corrected chi connectivity index (χ4v) is 1.72. The van der Waals surface area contributed by atoms with Crippen LogP contribution in [0.1, 0.15) is 38.4 Å². The van der Waals surface area contributed by atoms with Gasteiger partial charge in [0.15, 0.2) is 0 Å². The second-order valence-electron chi connectivity index (χ2n) is 4.44. The quantitative estimate of drug-likeness (QED) is 0.741. The van der Waals surface area contributed by atoms with Gasteiger partial charge in [-0.1, -0.05) is 26.0 Å². The Morgan fingerprint density at radius 2 is 1.84 bits per heavy atom. The normalized spacial score (nSPS) is 12.3. The van der Waals surface area contributed by atoms with Crippen LogP contribution in [0.15, 0.2) is 24.3 Å². The van der Waals surface area contributed by atoms with Crippen LogP contribution in [0.4, 0.5) is 9.18 Å². The van der Waals surface area contributed by atoms with Gasteiger partial charge in [0, 0.05) is 12.6 Å². The van der Waals surface area contributed by atoms with Crippen molar-refractivity contribution in [2.24, 2.45) is 0 Å². The van der Waals surface area contributed by atoms with Gasteiger partial charge in [0.05, 0.1) is 6.10 Å². The van der Waals surface area contributed by atoms with Crippen LogP contribution in [-0.4, -0.2) is 23.7 Å². The number of nitrogens with one attached hydrogen (secondary N) is 2. The Morgan fingerprint density at radius 1 is 1.26 bits per heavy atom. The molecule has 0 saturated carbocycles. The number of carbonyl (C=O) groups is 1. The van der Waals surface area contributed by atoms with E-state index in [-0.39, 0.29) is 24.4 Å². The minimum absolute atomic E-state index is 0.0949. The molecule has 1 atom stereocenters. The Labute approximate surface area is 113 Å². The van der Waals surface area contributed by atoms with E-state index in [1.165, 1.54) is 24.3 Å². The lowest BCUT2D eigenvalue weighted by Gasteiger charge is -2.17. The number of hydrogen-bond donors (Lipinski definition) is 3. The summed E-state index contributed by atoms with van der Waals surface area (Å²) in [5.74, 6) is -0.351. The Morgan fingerprint density at radius 3 is 2.37 bits per heavy atom. The zero-order chi connectivity index (χ0) is 14.3. The minimum atomic E-state index is -0.840. The number of amides is 2. The first-order chi connectivity index (χ1) is 9.06. The number of aliphatic hydroxyl groups excluding tert-OH is 1. The average molecular weight is 268 g/mol. The Bertz CT molecular complexity index is 391. The molecule has 0 aliphatic heterocycles. The topological polar surface area (TPSA) is 61.4 Å². The SMILES string of the molecule is CCC(CC)NC(=O)NCC(O)c1ccc(F)cc1. The van der Waals surface area contributed by atoms with Crippen molar-refractivity contribution >= 4 is 6.03 Å². The third kappa shape index (κ3) is 5.26. The van der Waals surface area contributed by atoms with Crippen molar-refractivity contribution in [2.75, 3.05) is 6.54 Å². The molecule has 3 N–H and O–H groups in total. The van der Waals surface area contributed by atoms with Gasteiger partial charge in [-0.3, -0.25) is 0 Å². The number of urea groups is 1. The van der Waals surface area contributed by atoms with Gasteiger partial charge in [0.1, 0.15) is 5.82 Å². The molecule has 1 aromatic rings. The summed E-state index contributed by atoms with van der Waals surface area (Å²) in [7, 11) is 0. The molecular weight excluding hydrogens is 247 g/mol. The first-order valence-corrected chi connectivity index (χ1v) is 6.54. The second kappa shape index (κ2) is 7.74. The highest BCUT2D eigenvalue weighted by molar-refractivity contribution is 5.74. The number of rotatable bonds is 6. The van der Waals surface area contributed by atoms with Crippen molar-refractivity contribution in [3.63, 3.8) is 0 Å². The standard InChI is InChI=1S/C14H21FN2O2/c1-3-12(4-2)17-14(19)16-9-13(18)10-5-7-11(15)8-6-10/h5-8,12-13,18H,3-4,9H2,1-2H3,(H2,16,17,19). The van der Waals surface area contributed by atoms with E-state index >= 15 is 0 Å². The molecule has 0 bridgehead atoms. The fourth-order valence-electron chi connectivity index (χ4n) is 1.72. The molecule has 0 saturated heterocycles. The summed E-state index contributed by atoms with van der Waals surface area (Å²) in [4.78, 5) is 11.6. The lowest BCUT2D eigenvalue weighted by molar-refractivity contribution is 0.172. The highest BCUT2D eigenvalue weighted by atomic mass is 19.1. The maximum absolute atomic E-state index is 12.7. The molecule has 1 aromatic carbocycles. The molecule has 2 amide bonds. The first-order valence-electron chi connectivity index (χ1n) is 6.54. The monoisotopic (exact) mass is 268 g/mol. The van der Waals surface area contributed by atoms with Crippen molar-refractivity contribution < 1.29 is 14.3 Å². The molecule has 1 rings (SSSR count). The minimum Gasteiger partial charge on any atom is -0.387 e. The zero-order valence-corrected chi connectivity index (χ0v) is 11.3. The van der Waals surface area contributed by atoms with E-state index in [0.29, 0.717) is 5.56 Å². The molecule has 0 aliphatic rings. The molecule has 0 fully saturated rings. The Balaban J connectivity index is 2.39. The average Bonchev–Trinajstić information content (AvgIpc) is 2.43. The van der Waals surface area contributed by atoms with E-state index in [1.807, 2.05) is 13.8 Å². The summed E-state index contributed by atoms with van der Waals surface area (Å²) in [6, 6.07) is 5.41. The Kier molecular flexibility index (Phi) is 6.29. The molecule has 0 heterocycles. The second-order valence-corrected chi connectivity index (χ2v) is 4.44. The first kappa shape index (κ1) is 15.4. The van der Waals surface area contributed by atoms with Crippen LogP contribution in [0.2, 0.25) is 0 Å². The molecule has 1 unspecified atom stereocenters. The van der Waals surface area contributed by atoms with Gasteiger partial charge < -0.3 is 15.7 Å². The van der Waals surface area contributed by atoms with E-state index in [0.717, 1.165) is 12.8 Å². The molecule has 4 nitrogen and oxygen atoms in total. The molecule has 0 radical (unpaired) electrons. The lowest BCUT2D eigenvalue weighted by Crippen LogP contribution is -2.42. The predicted octanol–water partition coefficient (Wildman–Crippen LogP) is 2.35. The number of benzene rings is 1. The molecule has 5 heteroatoms. The molecular formula is C14H21FN2O2. The number of carbonyl (C=O) groups excluding carboxylic acids is 1. The predicted molar refractivity (Wildman–Crippen MR) is 72.3 cm³/mol. The van der Waals surface area contributed by atoms with Gasteiger partial charge in [0.25, 0.3) is 0 Å². The van der Waals surface area contributed by atoms with Crippen LogP contribution >= 0.6 is 0 Å². The maximum atomic E-state index is 12.7. The van der Waals surface area contributed by atoms with Crippen LogP contribution in [-0.2, 0) is 0 Å². The maximum Gasteiger partial charge on any atom is 0.315 e. The van der Waals surface area contributed by atoms with Crippen molar-refractivity contribution in [3.8, 4) is 0 Å². The van der Waals surface area contributed by atoms with E-state index in [4.69, 9.17) is 0 Å². The van der Waals surface area contributed by atoms with Crippen molar-refractivity contribution in [2.45, 2.75) is 38.8 Å². The van der Waals surface area contributed by atoms with E-state index in [2.05, 4.69) is 10.6 Å². The lowest BCUT2D eigenvalue weighted by atomic mass is 10.1. The van der Waals surface area contributed by atoms with Gasteiger partial charge in [-0.25, -0.2) is 9.18 Å². The van der Waals surface area contributed by atoms with Gasteiger partial charge in [-0.15, -0.1) is 0 Å². The van der Waals surface area contributed by atoms with Gasteiger partial charge >= 0.3 is 6.03 Å². The van der Waals surface area contributed by atoms with Crippen LogP contribution in [0.5, 0.6) is 0 Å². The molecule has 0 spiro atoms. The molecule has 19 heavy (non-hydrogen) atoms. The van der Waals surface area contributed by atoms with E-state index in [1.54, 1.807) is 0 Å². The number of aliphatic hydroxyl groups is 1. The summed E-state index contributed by atoms with van der Waals surface area (Å²) >= 11 is 0. The van der Waals surface area contributed by atoms with Crippen LogP contribution in [0, 0.1) is 5.82 Å². The van der Waals surface area contributed by atoms with Crippen LogP contribution in [0.25, 0.3) is 0 Å². The Hall–Kier alpha value is -1.62. The smallest absolute Gasteiger partial charge is 0.315 e. The molecule has 0 aromatic heterocycles. The van der Waals surface area contributed by atoms with Crippen molar-refractivity contribution in [1.29, 1.82) is 0 Å². The van der Waals surface area contributed by atoms with Gasteiger partial charge in [-0.05, 0) is 30.5 Å². The van der Waals surface area contributed by atoms with Gasteiger partial charge in [0.2, 0.25) is 0 Å². The largest absolute Gasteiger partial charge is 0.387 e. The molecule has 0 aliphatic carbocycles. The summed E-state index contributed by atoms with van der Waals surface area (Å²) in [6.07, 6.45) is 0.891. The highest BCUT2D eigenvalue weighted by Gasteiger charge is 2.11. The zero-order valence-electron chi connectivity index (χ0n) is 11.3. The van der Waals surface area contributed by atoms with Crippen LogP contribution < -0.4 is 10.6 Å². The summed E-state index contributed by atoms with van der Waals surface area (Å²) < 4.78 is 12.7. The van der Waals surface area contributed by atoms with E-state index < -0.39 is 6.10 Å². The third-order valence-electron chi connectivity index (χ3n) is 3.03. The van der Waals surface area contributed by atoms with Crippen LogP contribution in [0.3, 0.4) is 0 Å². The summed E-state index contributed by atoms with van der Waals surface area (Å²) in [5, 5.41) is 15.3. The van der Waals surface area contributed by atoms with Crippen molar-refractivity contribution in [1.82, 2.24) is 10.6 Å². The fraction of sp³-hybridized carbons (Fsp3) is 0.500.